The molecule has 0 aromatic heterocycles. The number of aliphatic hydroxyl groups excluding tert-OH is 2. The first-order valence-corrected chi connectivity index (χ1v) is 11.9. The van der Waals surface area contributed by atoms with Gasteiger partial charge in [0.2, 0.25) is 5.78 Å². The average Bonchev–Trinajstić information content (AvgIpc) is 2.80. The summed E-state index contributed by atoms with van der Waals surface area (Å²) < 4.78 is 43.3. The standard InChI is InChI=1S/C25H28F3N3O8/c1-31(2)17-12-5-9-4-11-15(13(32)6-10(20(11)39-3)7-30-8-24(26,27)28)18(33)14(9)21(35)25(12,38)22(36)16(19(17)34)23(29)37/h6,9,12,17,30,32,34-35,38H,4-5,7-8H2,1-3H3,(H2,29,37)/t9-,12-,17-,25-/m0/s1. The number of allylic oxidation sites excluding steroid dienone is 1. The van der Waals surface area contributed by atoms with Gasteiger partial charge in [-0.15, -0.1) is 0 Å². The molecule has 212 valence electrons. The van der Waals surface area contributed by atoms with Crippen molar-refractivity contribution in [3.05, 3.63) is 45.4 Å². The second-order valence-corrected chi connectivity index (χ2v) is 10.1. The molecule has 1 amide bonds. The van der Waals surface area contributed by atoms with Crippen LogP contribution in [0.5, 0.6) is 11.5 Å². The van der Waals surface area contributed by atoms with Crippen molar-refractivity contribution in [2.75, 3.05) is 27.7 Å². The molecule has 1 aromatic carbocycles. The predicted molar refractivity (Wildman–Crippen MR) is 128 cm³/mol. The van der Waals surface area contributed by atoms with Crippen molar-refractivity contribution >= 4 is 17.5 Å². The molecule has 39 heavy (non-hydrogen) atoms. The molecule has 4 rings (SSSR count). The number of nitrogens with zero attached hydrogens (tertiary/aromatic N) is 1. The molecular formula is C25H28F3N3O8. The zero-order valence-electron chi connectivity index (χ0n) is 21.2. The fourth-order valence-electron chi connectivity index (χ4n) is 6.09. The number of hydrogen-bond acceptors (Lipinski definition) is 10. The fraction of sp³-hybridized carbons (Fsp3) is 0.480. The fourth-order valence-corrected chi connectivity index (χ4v) is 6.09. The van der Waals surface area contributed by atoms with Crippen molar-refractivity contribution in [2.24, 2.45) is 17.6 Å². The topological polar surface area (TPSA) is 183 Å². The molecule has 0 unspecified atom stereocenters. The third-order valence-electron chi connectivity index (χ3n) is 7.59. The normalized spacial score (nSPS) is 26.9. The van der Waals surface area contributed by atoms with E-state index in [4.69, 9.17) is 10.5 Å². The van der Waals surface area contributed by atoms with Gasteiger partial charge in [-0.05, 0) is 38.9 Å². The molecule has 0 saturated heterocycles. The van der Waals surface area contributed by atoms with Crippen LogP contribution in [0.1, 0.15) is 27.9 Å². The Kier molecular flexibility index (Phi) is 6.94. The van der Waals surface area contributed by atoms with Gasteiger partial charge in [0, 0.05) is 29.2 Å². The van der Waals surface area contributed by atoms with E-state index in [1.54, 1.807) is 0 Å². The zero-order chi connectivity index (χ0) is 29.2. The number of alkyl halides is 3. The first-order valence-electron chi connectivity index (χ1n) is 11.9. The van der Waals surface area contributed by atoms with Crippen LogP contribution in [0.2, 0.25) is 0 Å². The Hall–Kier alpha value is -3.62. The highest BCUT2D eigenvalue weighted by Gasteiger charge is 2.63. The number of primary amides is 1. The average molecular weight is 556 g/mol. The summed E-state index contributed by atoms with van der Waals surface area (Å²) >= 11 is 0. The Morgan fingerprint density at radius 1 is 1.26 bits per heavy atom. The van der Waals surface area contributed by atoms with E-state index in [-0.39, 0.29) is 47.4 Å². The van der Waals surface area contributed by atoms with Crippen LogP contribution in [0.4, 0.5) is 13.2 Å². The van der Waals surface area contributed by atoms with Gasteiger partial charge in [0.15, 0.2) is 11.4 Å². The van der Waals surface area contributed by atoms with E-state index in [0.29, 0.717) is 0 Å². The number of nitrogens with one attached hydrogen (secondary N) is 1. The molecule has 0 heterocycles. The lowest BCUT2D eigenvalue weighted by molar-refractivity contribution is -0.148. The van der Waals surface area contributed by atoms with Crippen molar-refractivity contribution in [3.63, 3.8) is 0 Å². The summed E-state index contributed by atoms with van der Waals surface area (Å²) in [5, 5.41) is 46.5. The summed E-state index contributed by atoms with van der Waals surface area (Å²) in [6, 6.07) is -0.0830. The summed E-state index contributed by atoms with van der Waals surface area (Å²) in [5.74, 6) is -7.91. The zero-order valence-corrected chi connectivity index (χ0v) is 21.2. The lowest BCUT2D eigenvalue weighted by Crippen LogP contribution is -2.63. The van der Waals surface area contributed by atoms with Crippen molar-refractivity contribution in [1.82, 2.24) is 10.2 Å². The van der Waals surface area contributed by atoms with Gasteiger partial charge in [0.1, 0.15) is 28.6 Å². The maximum absolute atomic E-state index is 13.6. The van der Waals surface area contributed by atoms with E-state index >= 15 is 0 Å². The number of phenolic OH excluding ortho intramolecular Hbond substituents is 1. The van der Waals surface area contributed by atoms with E-state index < -0.39 is 76.5 Å². The highest BCUT2D eigenvalue weighted by Crippen LogP contribution is 2.53. The molecule has 3 aliphatic rings. The van der Waals surface area contributed by atoms with Gasteiger partial charge in [-0.3, -0.25) is 19.3 Å². The number of aromatic hydroxyl groups is 1. The van der Waals surface area contributed by atoms with Gasteiger partial charge in [-0.2, -0.15) is 13.2 Å². The number of rotatable bonds is 6. The number of ketones is 2. The van der Waals surface area contributed by atoms with Crippen LogP contribution in [-0.4, -0.2) is 88.4 Å². The lowest BCUT2D eigenvalue weighted by Gasteiger charge is -2.50. The van der Waals surface area contributed by atoms with Crippen LogP contribution in [0.25, 0.3) is 0 Å². The Bertz CT molecular complexity index is 1340. The monoisotopic (exact) mass is 555 g/mol. The molecule has 3 aliphatic carbocycles. The number of phenols is 1. The lowest BCUT2D eigenvalue weighted by atomic mass is 9.58. The van der Waals surface area contributed by atoms with Gasteiger partial charge in [0.05, 0.1) is 25.3 Å². The number of nitrogens with two attached hydrogens (primary N) is 1. The molecule has 0 spiro atoms. The van der Waals surface area contributed by atoms with Gasteiger partial charge in [0.25, 0.3) is 5.91 Å². The molecule has 4 atom stereocenters. The number of fused-ring (bicyclic) bond motifs is 3. The molecule has 0 aliphatic heterocycles. The maximum atomic E-state index is 13.6. The molecule has 7 N–H and O–H groups in total. The van der Waals surface area contributed by atoms with Crippen LogP contribution in [0, 0.1) is 11.8 Å². The number of halogens is 3. The quantitative estimate of drug-likeness (QED) is 0.274. The SMILES string of the molecule is COc1c(CNCC(F)(F)F)cc(O)c2c1C[C@H]1C[C@H]3[C@H](N(C)C)C(O)=C(C(N)=O)C(=O)[C@@]3(O)C(O)=C1C2=O. The van der Waals surface area contributed by atoms with E-state index in [2.05, 4.69) is 5.32 Å². The minimum absolute atomic E-state index is 0.0572. The summed E-state index contributed by atoms with van der Waals surface area (Å²) in [6.07, 6.45) is -4.67. The second-order valence-electron chi connectivity index (χ2n) is 10.1. The Labute approximate surface area is 220 Å². The number of Topliss-reactive ketones (excluding diaryl/α,β-unsaturated/α-hetero) is 2. The van der Waals surface area contributed by atoms with Crippen molar-refractivity contribution < 1.29 is 52.7 Å². The van der Waals surface area contributed by atoms with Gasteiger partial charge in [-0.1, -0.05) is 0 Å². The minimum atomic E-state index is -4.48. The van der Waals surface area contributed by atoms with Gasteiger partial charge < -0.3 is 36.2 Å². The highest BCUT2D eigenvalue weighted by molar-refractivity contribution is 6.24. The number of aliphatic hydroxyl groups is 3. The number of carbonyl (C=O) groups excluding carboxylic acids is 3. The number of hydrogen-bond donors (Lipinski definition) is 6. The number of carbonyl (C=O) groups is 3. The van der Waals surface area contributed by atoms with Crippen LogP contribution < -0.4 is 15.8 Å². The number of likely N-dealkylation sites (N-methyl/N-ethyl adjacent to an activating group) is 1. The van der Waals surface area contributed by atoms with Crippen molar-refractivity contribution in [1.29, 1.82) is 0 Å². The number of amides is 1. The van der Waals surface area contributed by atoms with Gasteiger partial charge >= 0.3 is 6.18 Å². The van der Waals surface area contributed by atoms with Gasteiger partial charge in [-0.25, -0.2) is 0 Å². The number of benzene rings is 1. The van der Waals surface area contributed by atoms with Crippen molar-refractivity contribution in [2.45, 2.75) is 37.2 Å². The van der Waals surface area contributed by atoms with Crippen LogP contribution in [0.3, 0.4) is 0 Å². The first-order chi connectivity index (χ1) is 18.1. The number of ether oxygens (including phenoxy) is 1. The maximum Gasteiger partial charge on any atom is 0.401 e. The molecule has 1 aromatic rings. The Balaban J connectivity index is 1.86. The summed E-state index contributed by atoms with van der Waals surface area (Å²) in [5.41, 5.74) is 1.30. The molecule has 0 saturated carbocycles. The largest absolute Gasteiger partial charge is 0.510 e. The molecule has 11 nitrogen and oxygen atoms in total. The number of methoxy groups -OCH3 is 1. The van der Waals surface area contributed by atoms with Crippen molar-refractivity contribution in [3.8, 4) is 11.5 Å². The van der Waals surface area contributed by atoms with E-state index in [9.17, 15) is 48.0 Å². The second kappa shape index (κ2) is 9.54. The first kappa shape index (κ1) is 28.4. The Morgan fingerprint density at radius 3 is 2.44 bits per heavy atom. The molecule has 0 bridgehead atoms. The summed E-state index contributed by atoms with van der Waals surface area (Å²) in [6.45, 7) is -1.65. The molecule has 14 heteroatoms. The predicted octanol–water partition coefficient (Wildman–Crippen LogP) is 0.781. The minimum Gasteiger partial charge on any atom is -0.510 e. The van der Waals surface area contributed by atoms with Crippen LogP contribution in [0.15, 0.2) is 28.7 Å². The van der Waals surface area contributed by atoms with E-state index in [1.807, 2.05) is 0 Å². The van der Waals surface area contributed by atoms with Crippen LogP contribution >= 0.6 is 0 Å². The molecule has 0 radical (unpaired) electrons. The summed E-state index contributed by atoms with van der Waals surface area (Å²) in [7, 11) is 4.27. The van der Waals surface area contributed by atoms with E-state index in [1.165, 1.54) is 26.1 Å². The molecule has 0 fully saturated rings. The third-order valence-corrected chi connectivity index (χ3v) is 7.59. The smallest absolute Gasteiger partial charge is 0.401 e. The van der Waals surface area contributed by atoms with Crippen LogP contribution in [-0.2, 0) is 22.6 Å². The highest BCUT2D eigenvalue weighted by atomic mass is 19.4. The third kappa shape index (κ3) is 4.32. The van der Waals surface area contributed by atoms with E-state index in [0.717, 1.165) is 6.07 Å². The summed E-state index contributed by atoms with van der Waals surface area (Å²) in [4.78, 5) is 40.4. The Morgan fingerprint density at radius 2 is 1.90 bits per heavy atom. The molecular weight excluding hydrogens is 527 g/mol.